The van der Waals surface area contributed by atoms with Crippen molar-refractivity contribution in [2.24, 2.45) is 0 Å². The average molecular weight is 473 g/mol. The Balaban J connectivity index is 1.46. The number of piperidine rings is 1. The molecule has 3 aliphatic heterocycles. The molecule has 3 aromatic rings. The van der Waals surface area contributed by atoms with Crippen molar-refractivity contribution in [3.05, 3.63) is 53.2 Å². The van der Waals surface area contributed by atoms with E-state index in [0.717, 1.165) is 99.7 Å². The van der Waals surface area contributed by atoms with Crippen LogP contribution in [0.2, 0.25) is 0 Å². The summed E-state index contributed by atoms with van der Waals surface area (Å²) in [6, 6.07) is 12.5. The lowest BCUT2D eigenvalue weighted by Gasteiger charge is -2.35. The van der Waals surface area contributed by atoms with E-state index in [4.69, 9.17) is 10.1 Å². The summed E-state index contributed by atoms with van der Waals surface area (Å²) >= 11 is 0. The minimum Gasteiger partial charge on any atom is -0.359 e. The molecule has 184 valence electrons. The number of carbonyl (C=O) groups is 1. The molecule has 0 N–H and O–H groups in total. The van der Waals surface area contributed by atoms with Gasteiger partial charge in [-0.1, -0.05) is 24.6 Å². The Morgan fingerprint density at radius 3 is 2.57 bits per heavy atom. The van der Waals surface area contributed by atoms with Crippen LogP contribution in [0.25, 0.3) is 5.65 Å². The quantitative estimate of drug-likeness (QED) is 0.506. The van der Waals surface area contributed by atoms with Crippen molar-refractivity contribution in [2.75, 3.05) is 43.0 Å². The molecule has 0 radical (unpaired) electrons. The van der Waals surface area contributed by atoms with Crippen LogP contribution in [-0.2, 0) is 6.42 Å². The molecule has 7 heteroatoms. The summed E-state index contributed by atoms with van der Waals surface area (Å²) in [4.78, 5) is 25.7. The Morgan fingerprint density at radius 1 is 0.886 bits per heavy atom. The van der Waals surface area contributed by atoms with Gasteiger partial charge in [0.1, 0.15) is 11.6 Å². The number of hydrogen-bond donors (Lipinski definition) is 0. The van der Waals surface area contributed by atoms with E-state index in [1.54, 1.807) is 0 Å². The Bertz CT molecular complexity index is 1210. The van der Waals surface area contributed by atoms with Gasteiger partial charge in [0.25, 0.3) is 5.91 Å². The Morgan fingerprint density at radius 2 is 1.69 bits per heavy atom. The summed E-state index contributed by atoms with van der Waals surface area (Å²) in [5.74, 6) is 2.30. The number of carbonyl (C=O) groups excluding carboxylic acids is 1. The van der Waals surface area contributed by atoms with Gasteiger partial charge in [-0.05, 0) is 63.0 Å². The minimum absolute atomic E-state index is 0.00970. The highest BCUT2D eigenvalue weighted by atomic mass is 16.2. The fraction of sp³-hybridized carbons (Fsp3) is 0.536. The molecule has 2 fully saturated rings. The van der Waals surface area contributed by atoms with Crippen LogP contribution < -0.4 is 9.80 Å². The largest absolute Gasteiger partial charge is 0.359 e. The Hall–Kier alpha value is -3.09. The Labute approximate surface area is 207 Å². The van der Waals surface area contributed by atoms with Crippen LogP contribution >= 0.6 is 0 Å². The number of benzene rings is 1. The molecule has 1 atom stereocenters. The predicted octanol–water partition coefficient (Wildman–Crippen LogP) is 4.86. The van der Waals surface area contributed by atoms with Crippen LogP contribution in [0.5, 0.6) is 0 Å². The van der Waals surface area contributed by atoms with Crippen LogP contribution in [-0.4, -0.2) is 58.6 Å². The van der Waals surface area contributed by atoms with E-state index in [1.165, 1.54) is 18.4 Å². The smallest absolute Gasteiger partial charge is 0.254 e. The zero-order chi connectivity index (χ0) is 23.8. The summed E-state index contributed by atoms with van der Waals surface area (Å²) in [6.45, 7) is 3.89. The fourth-order valence-corrected chi connectivity index (χ4v) is 6.05. The number of aromatic nitrogens is 3. The van der Waals surface area contributed by atoms with Crippen LogP contribution in [0.4, 0.5) is 11.6 Å². The number of nitrogens with zero attached hydrogens (tertiary/aromatic N) is 6. The number of aryl methyl sites for hydroxylation is 1. The summed E-state index contributed by atoms with van der Waals surface area (Å²) in [5, 5.41) is 5.10. The topological polar surface area (TPSA) is 57.0 Å². The second-order valence-electron chi connectivity index (χ2n) is 10.4. The SMILES string of the molecule is CN1CCCCCc2ccccc2C(=O)N2CCCCC2c2cc3nc(N4CCCC4)cc1n3n2. The molecule has 6 rings (SSSR count). The van der Waals surface area contributed by atoms with Crippen molar-refractivity contribution in [1.29, 1.82) is 0 Å². The lowest BCUT2D eigenvalue weighted by atomic mass is 9.95. The minimum atomic E-state index is -0.00970. The maximum Gasteiger partial charge on any atom is 0.254 e. The molecule has 2 aromatic heterocycles. The summed E-state index contributed by atoms with van der Waals surface area (Å²) in [6.07, 6.45) is 9.85. The van der Waals surface area contributed by atoms with Crippen molar-refractivity contribution < 1.29 is 4.79 Å². The maximum atomic E-state index is 13.9. The van der Waals surface area contributed by atoms with Crippen LogP contribution in [0.1, 0.15) is 79.0 Å². The molecule has 0 saturated carbocycles. The second kappa shape index (κ2) is 9.51. The molecular weight excluding hydrogens is 436 g/mol. The molecule has 5 heterocycles. The third-order valence-electron chi connectivity index (χ3n) is 8.03. The number of rotatable bonds is 1. The fourth-order valence-electron chi connectivity index (χ4n) is 6.05. The molecule has 3 aliphatic rings. The lowest BCUT2D eigenvalue weighted by Crippen LogP contribution is -2.39. The first-order valence-electron chi connectivity index (χ1n) is 13.4. The maximum absolute atomic E-state index is 13.9. The van der Waals surface area contributed by atoms with Gasteiger partial charge in [0, 0.05) is 50.9 Å². The highest BCUT2D eigenvalue weighted by molar-refractivity contribution is 5.96. The highest BCUT2D eigenvalue weighted by Gasteiger charge is 2.32. The van der Waals surface area contributed by atoms with Gasteiger partial charge in [-0.2, -0.15) is 9.61 Å². The van der Waals surface area contributed by atoms with E-state index < -0.39 is 0 Å². The zero-order valence-electron chi connectivity index (χ0n) is 20.8. The molecule has 0 aliphatic carbocycles. The molecule has 1 unspecified atom stereocenters. The highest BCUT2D eigenvalue weighted by Crippen LogP contribution is 2.34. The van der Waals surface area contributed by atoms with Crippen molar-refractivity contribution in [3.63, 3.8) is 0 Å². The molecule has 2 saturated heterocycles. The van der Waals surface area contributed by atoms with Crippen molar-refractivity contribution in [2.45, 2.75) is 63.8 Å². The zero-order valence-corrected chi connectivity index (χ0v) is 20.8. The molecule has 1 aromatic carbocycles. The van der Waals surface area contributed by atoms with E-state index in [1.807, 2.05) is 16.6 Å². The average Bonchev–Trinajstić information content (AvgIpc) is 3.57. The number of amides is 1. The first-order chi connectivity index (χ1) is 17.2. The van der Waals surface area contributed by atoms with Gasteiger partial charge >= 0.3 is 0 Å². The first kappa shape index (κ1) is 22.4. The van der Waals surface area contributed by atoms with E-state index in [0.29, 0.717) is 0 Å². The van der Waals surface area contributed by atoms with Crippen LogP contribution in [0, 0.1) is 0 Å². The van der Waals surface area contributed by atoms with Gasteiger partial charge in [0.05, 0.1) is 11.7 Å². The van der Waals surface area contributed by atoms with Gasteiger partial charge in [-0.3, -0.25) is 4.79 Å². The third-order valence-corrected chi connectivity index (χ3v) is 8.03. The monoisotopic (exact) mass is 472 g/mol. The predicted molar refractivity (Wildman–Crippen MR) is 139 cm³/mol. The summed E-state index contributed by atoms with van der Waals surface area (Å²) in [5.41, 5.74) is 3.89. The second-order valence-corrected chi connectivity index (χ2v) is 10.4. The molecule has 2 bridgehead atoms. The third kappa shape index (κ3) is 4.26. The van der Waals surface area contributed by atoms with Crippen LogP contribution in [0.15, 0.2) is 36.4 Å². The standard InChI is InChI=1S/C28H36N6O/c1-31-15-7-2-3-11-21-12-4-5-13-22(21)28(35)33-18-8-6-14-24(33)23-19-26-29-25(32-16-9-10-17-32)20-27(31)34(26)30-23/h4-5,12-13,19-20,24H,2-3,6-11,14-18H2,1H3. The van der Waals surface area contributed by atoms with Crippen molar-refractivity contribution >= 4 is 23.2 Å². The van der Waals surface area contributed by atoms with E-state index >= 15 is 0 Å². The van der Waals surface area contributed by atoms with Gasteiger partial charge < -0.3 is 14.7 Å². The molecular formula is C28H36N6O. The van der Waals surface area contributed by atoms with Gasteiger partial charge in [0.15, 0.2) is 5.65 Å². The van der Waals surface area contributed by atoms with Crippen molar-refractivity contribution in [3.8, 4) is 0 Å². The van der Waals surface area contributed by atoms with Crippen molar-refractivity contribution in [1.82, 2.24) is 19.5 Å². The van der Waals surface area contributed by atoms with E-state index in [-0.39, 0.29) is 11.9 Å². The van der Waals surface area contributed by atoms with E-state index in [2.05, 4.69) is 46.0 Å². The Kier molecular flexibility index (Phi) is 6.08. The van der Waals surface area contributed by atoms with E-state index in [9.17, 15) is 4.79 Å². The molecule has 0 spiro atoms. The summed E-state index contributed by atoms with van der Waals surface area (Å²) < 4.78 is 2.01. The van der Waals surface area contributed by atoms with Gasteiger partial charge in [-0.15, -0.1) is 0 Å². The number of hydrogen-bond acceptors (Lipinski definition) is 5. The molecule has 1 amide bonds. The van der Waals surface area contributed by atoms with Gasteiger partial charge in [0.2, 0.25) is 0 Å². The van der Waals surface area contributed by atoms with Gasteiger partial charge in [-0.25, -0.2) is 4.98 Å². The first-order valence-corrected chi connectivity index (χ1v) is 13.4. The summed E-state index contributed by atoms with van der Waals surface area (Å²) in [7, 11) is 2.17. The molecule has 35 heavy (non-hydrogen) atoms. The lowest BCUT2D eigenvalue weighted by molar-refractivity contribution is 0.0604. The number of anilines is 2. The normalized spacial score (nSPS) is 21.7. The molecule has 7 nitrogen and oxygen atoms in total. The number of fused-ring (bicyclic) bond motifs is 4. The van der Waals surface area contributed by atoms with Crippen LogP contribution in [0.3, 0.4) is 0 Å².